The van der Waals surface area contributed by atoms with Crippen LogP contribution in [-0.4, -0.2) is 47.4 Å². The van der Waals surface area contributed by atoms with Gasteiger partial charge in [-0.25, -0.2) is 17.9 Å². The number of nitrogens with one attached hydrogen (secondary N) is 2. The normalized spacial score (nSPS) is 14.2. The van der Waals surface area contributed by atoms with Crippen LogP contribution in [0.3, 0.4) is 0 Å². The third-order valence-corrected chi connectivity index (χ3v) is 4.31. The maximum atomic E-state index is 12.2. The Labute approximate surface area is 117 Å². The van der Waals surface area contributed by atoms with E-state index in [1.165, 1.54) is 0 Å². The standard InChI is InChI=1S/C11H19N3O5S/c1-11(2,3)8(4-5-15)14-20(18,19)9-7(10(16)17)6-12-13-9/h6,8,14-15H,4-5H2,1-3H3,(H,12,13)(H,16,17). The summed E-state index contributed by atoms with van der Waals surface area (Å²) in [4.78, 5) is 10.9. The summed E-state index contributed by atoms with van der Waals surface area (Å²) < 4.78 is 26.9. The number of hydrogen-bond acceptors (Lipinski definition) is 5. The first kappa shape index (κ1) is 16.6. The number of aromatic amines is 1. The number of aliphatic hydroxyl groups excluding tert-OH is 1. The summed E-state index contributed by atoms with van der Waals surface area (Å²) in [7, 11) is -4.06. The first-order chi connectivity index (χ1) is 9.09. The van der Waals surface area contributed by atoms with Crippen molar-refractivity contribution in [2.24, 2.45) is 5.41 Å². The van der Waals surface area contributed by atoms with Crippen LogP contribution >= 0.6 is 0 Å². The molecule has 0 spiro atoms. The maximum absolute atomic E-state index is 12.2. The SMILES string of the molecule is CC(C)(C)C(CCO)NS(=O)(=O)c1[nH]ncc1C(=O)O. The molecule has 1 aromatic rings. The monoisotopic (exact) mass is 305 g/mol. The first-order valence-corrected chi connectivity index (χ1v) is 7.47. The maximum Gasteiger partial charge on any atom is 0.340 e. The van der Waals surface area contributed by atoms with E-state index in [0.29, 0.717) is 0 Å². The number of sulfonamides is 1. The molecule has 4 N–H and O–H groups in total. The molecule has 1 heterocycles. The minimum absolute atomic E-state index is 0.181. The number of aliphatic hydroxyl groups is 1. The second-order valence-electron chi connectivity index (χ2n) is 5.47. The Kier molecular flexibility index (Phi) is 4.90. The molecular weight excluding hydrogens is 286 g/mol. The van der Waals surface area contributed by atoms with Crippen molar-refractivity contribution in [3.8, 4) is 0 Å². The van der Waals surface area contributed by atoms with E-state index >= 15 is 0 Å². The quantitative estimate of drug-likeness (QED) is 0.593. The van der Waals surface area contributed by atoms with Gasteiger partial charge in [-0.05, 0) is 11.8 Å². The number of carbonyl (C=O) groups is 1. The second kappa shape index (κ2) is 5.90. The highest BCUT2D eigenvalue weighted by Gasteiger charge is 2.32. The van der Waals surface area contributed by atoms with Crippen molar-refractivity contribution < 1.29 is 23.4 Å². The van der Waals surface area contributed by atoms with Crippen LogP contribution in [0.5, 0.6) is 0 Å². The molecule has 0 aliphatic carbocycles. The Morgan fingerprint density at radius 2 is 2.10 bits per heavy atom. The highest BCUT2D eigenvalue weighted by molar-refractivity contribution is 7.89. The van der Waals surface area contributed by atoms with Gasteiger partial charge >= 0.3 is 5.97 Å². The minimum Gasteiger partial charge on any atom is -0.478 e. The molecule has 1 aromatic heterocycles. The number of H-pyrrole nitrogens is 1. The third kappa shape index (κ3) is 3.78. The fraction of sp³-hybridized carbons (Fsp3) is 0.636. The lowest BCUT2D eigenvalue weighted by molar-refractivity contribution is 0.0692. The van der Waals surface area contributed by atoms with Crippen LogP contribution in [0.2, 0.25) is 0 Å². The van der Waals surface area contributed by atoms with Crippen molar-refractivity contribution in [2.75, 3.05) is 6.61 Å². The van der Waals surface area contributed by atoms with Crippen molar-refractivity contribution in [1.29, 1.82) is 0 Å². The molecule has 0 amide bonds. The van der Waals surface area contributed by atoms with E-state index in [1.54, 1.807) is 0 Å². The molecule has 0 radical (unpaired) electrons. The van der Waals surface area contributed by atoms with Gasteiger partial charge in [0.2, 0.25) is 0 Å². The van der Waals surface area contributed by atoms with Crippen molar-refractivity contribution in [2.45, 2.75) is 38.3 Å². The fourth-order valence-electron chi connectivity index (χ4n) is 1.68. The van der Waals surface area contributed by atoms with Crippen LogP contribution < -0.4 is 4.72 Å². The Balaban J connectivity index is 3.10. The van der Waals surface area contributed by atoms with E-state index in [-0.39, 0.29) is 13.0 Å². The summed E-state index contributed by atoms with van der Waals surface area (Å²) in [6.45, 7) is 5.28. The second-order valence-corrected chi connectivity index (χ2v) is 7.12. The molecule has 0 saturated heterocycles. The Hall–Kier alpha value is -1.45. The van der Waals surface area contributed by atoms with Crippen LogP contribution in [0.15, 0.2) is 11.2 Å². The Morgan fingerprint density at radius 3 is 2.55 bits per heavy atom. The summed E-state index contributed by atoms with van der Waals surface area (Å²) in [5, 5.41) is 23.1. The van der Waals surface area contributed by atoms with Gasteiger partial charge in [-0.1, -0.05) is 20.8 Å². The number of carboxylic acids is 1. The predicted octanol–water partition coefficient (Wildman–Crippen LogP) is 0.183. The summed E-state index contributed by atoms with van der Waals surface area (Å²) in [5.74, 6) is -1.38. The molecule has 114 valence electrons. The Morgan fingerprint density at radius 1 is 1.50 bits per heavy atom. The first-order valence-electron chi connectivity index (χ1n) is 5.99. The van der Waals surface area contributed by atoms with Gasteiger partial charge in [0.15, 0.2) is 5.03 Å². The number of rotatable bonds is 6. The summed E-state index contributed by atoms with van der Waals surface area (Å²) in [5.41, 5.74) is -0.853. The highest BCUT2D eigenvalue weighted by atomic mass is 32.2. The zero-order valence-corrected chi connectivity index (χ0v) is 12.4. The molecular formula is C11H19N3O5S. The van der Waals surface area contributed by atoms with Gasteiger partial charge in [-0.3, -0.25) is 5.10 Å². The number of hydrogen-bond donors (Lipinski definition) is 4. The lowest BCUT2D eigenvalue weighted by Crippen LogP contribution is -2.44. The summed E-state index contributed by atoms with van der Waals surface area (Å²) in [6, 6.07) is -0.539. The lowest BCUT2D eigenvalue weighted by Gasteiger charge is -2.30. The van der Waals surface area contributed by atoms with E-state index in [0.717, 1.165) is 6.20 Å². The molecule has 0 aliphatic heterocycles. The molecule has 0 fully saturated rings. The molecule has 0 aromatic carbocycles. The van der Waals surface area contributed by atoms with Crippen LogP contribution in [0, 0.1) is 5.41 Å². The molecule has 9 heteroatoms. The van der Waals surface area contributed by atoms with Crippen LogP contribution in [0.1, 0.15) is 37.6 Å². The van der Waals surface area contributed by atoms with Gasteiger partial charge in [-0.2, -0.15) is 5.10 Å². The van der Waals surface area contributed by atoms with Crippen molar-refractivity contribution >= 4 is 16.0 Å². The van der Waals surface area contributed by atoms with Gasteiger partial charge in [-0.15, -0.1) is 0 Å². The average Bonchev–Trinajstić information content (AvgIpc) is 2.76. The van der Waals surface area contributed by atoms with Crippen LogP contribution in [0.25, 0.3) is 0 Å². The zero-order chi connectivity index (χ0) is 15.6. The molecule has 1 unspecified atom stereocenters. The molecule has 1 atom stereocenters. The van der Waals surface area contributed by atoms with E-state index < -0.39 is 38.0 Å². The predicted molar refractivity (Wildman–Crippen MR) is 70.8 cm³/mol. The van der Waals surface area contributed by atoms with E-state index in [9.17, 15) is 13.2 Å². The Bertz CT molecular complexity index is 573. The van der Waals surface area contributed by atoms with Gasteiger partial charge in [0, 0.05) is 12.6 Å². The van der Waals surface area contributed by atoms with Gasteiger partial charge in [0.1, 0.15) is 5.56 Å². The summed E-state index contributed by atoms with van der Waals surface area (Å²) >= 11 is 0. The fourth-order valence-corrected chi connectivity index (χ4v) is 3.24. The number of aromatic carboxylic acids is 1. The van der Waals surface area contributed by atoms with Crippen LogP contribution in [-0.2, 0) is 10.0 Å². The highest BCUT2D eigenvalue weighted by Crippen LogP contribution is 2.24. The molecule has 8 nitrogen and oxygen atoms in total. The molecule has 0 saturated carbocycles. The van der Waals surface area contributed by atoms with Gasteiger partial charge in [0.05, 0.1) is 6.20 Å². The van der Waals surface area contributed by atoms with Crippen molar-refractivity contribution in [1.82, 2.24) is 14.9 Å². The van der Waals surface area contributed by atoms with E-state index in [4.69, 9.17) is 10.2 Å². The third-order valence-electron chi connectivity index (χ3n) is 2.86. The van der Waals surface area contributed by atoms with Crippen molar-refractivity contribution in [3.05, 3.63) is 11.8 Å². The zero-order valence-electron chi connectivity index (χ0n) is 11.5. The average molecular weight is 305 g/mol. The molecule has 20 heavy (non-hydrogen) atoms. The van der Waals surface area contributed by atoms with Gasteiger partial charge in [0.25, 0.3) is 10.0 Å². The van der Waals surface area contributed by atoms with Crippen molar-refractivity contribution in [3.63, 3.8) is 0 Å². The smallest absolute Gasteiger partial charge is 0.340 e. The molecule has 1 rings (SSSR count). The lowest BCUT2D eigenvalue weighted by atomic mass is 9.86. The van der Waals surface area contributed by atoms with E-state index in [2.05, 4.69) is 14.9 Å². The van der Waals surface area contributed by atoms with E-state index in [1.807, 2.05) is 20.8 Å². The van der Waals surface area contributed by atoms with Gasteiger partial charge < -0.3 is 10.2 Å². The summed E-state index contributed by atoms with van der Waals surface area (Å²) in [6.07, 6.45) is 1.16. The molecule has 0 bridgehead atoms. The minimum atomic E-state index is -4.06. The molecule has 0 aliphatic rings. The van der Waals surface area contributed by atoms with Crippen LogP contribution in [0.4, 0.5) is 0 Å². The number of aromatic nitrogens is 2. The number of carboxylic acid groups (broad SMARTS) is 1. The largest absolute Gasteiger partial charge is 0.478 e. The number of nitrogens with zero attached hydrogens (tertiary/aromatic N) is 1. The topological polar surface area (TPSA) is 132 Å².